The number of nitrogens with zero attached hydrogens (tertiary/aromatic N) is 2. The molecule has 0 aliphatic rings. The Morgan fingerprint density at radius 1 is 0.927 bits per heavy atom. The Morgan fingerprint density at radius 3 is 2.27 bits per heavy atom. The predicted molar refractivity (Wildman–Crippen MR) is 157 cm³/mol. The van der Waals surface area contributed by atoms with Crippen LogP contribution in [0, 0.1) is 0 Å². The second kappa shape index (κ2) is 18.2. The molecular weight excluding hydrogens is 742 g/mol. The SMILES string of the molecule is COc1cccc2c(Nc3ccc(CCCNCCN)cc3)c3cccc(C(=O)NCCN(C)C)c3nc12.[Cl-].[Cl-].[Pt+4]. The number of nitrogens with two attached hydrogens (primary N) is 1. The molecule has 11 heteroatoms. The summed E-state index contributed by atoms with van der Waals surface area (Å²) < 4.78 is 5.64. The van der Waals surface area contributed by atoms with Gasteiger partial charge in [-0.2, -0.15) is 0 Å². The number of anilines is 2. The van der Waals surface area contributed by atoms with Gasteiger partial charge >= 0.3 is 21.1 Å². The number of methoxy groups -OCH3 is 1. The van der Waals surface area contributed by atoms with Crippen LogP contribution in [0.15, 0.2) is 60.7 Å². The van der Waals surface area contributed by atoms with Crippen LogP contribution in [0.4, 0.5) is 11.4 Å². The molecule has 8 nitrogen and oxygen atoms in total. The van der Waals surface area contributed by atoms with Gasteiger partial charge in [-0.1, -0.05) is 36.4 Å². The summed E-state index contributed by atoms with van der Waals surface area (Å²) in [5, 5.41) is 11.8. The first-order chi connectivity index (χ1) is 18.5. The summed E-state index contributed by atoms with van der Waals surface area (Å²) >= 11 is 0. The number of amides is 1. The van der Waals surface area contributed by atoms with Gasteiger partial charge in [0, 0.05) is 42.6 Å². The first-order valence-corrected chi connectivity index (χ1v) is 13.1. The maximum Gasteiger partial charge on any atom is 4.00 e. The molecule has 0 radical (unpaired) electrons. The number of para-hydroxylation sites is 2. The molecule has 0 spiro atoms. The quantitative estimate of drug-likeness (QED) is 0.0914. The van der Waals surface area contributed by atoms with Gasteiger partial charge in [0.25, 0.3) is 5.91 Å². The van der Waals surface area contributed by atoms with Crippen LogP contribution < -0.4 is 51.2 Å². The van der Waals surface area contributed by atoms with Gasteiger partial charge in [-0.3, -0.25) is 4.79 Å². The Hall–Kier alpha value is -2.45. The third kappa shape index (κ3) is 9.53. The zero-order valence-corrected chi connectivity index (χ0v) is 27.4. The van der Waals surface area contributed by atoms with Crippen molar-refractivity contribution in [2.75, 3.05) is 59.2 Å². The number of carbonyl (C=O) groups excluding carboxylic acids is 1. The van der Waals surface area contributed by atoms with E-state index < -0.39 is 0 Å². The van der Waals surface area contributed by atoms with Crippen molar-refractivity contribution in [3.8, 4) is 5.75 Å². The number of benzene rings is 3. The summed E-state index contributed by atoms with van der Waals surface area (Å²) in [7, 11) is 5.60. The Labute approximate surface area is 269 Å². The molecule has 1 aromatic heterocycles. The molecular formula is C30H38Cl2N6O2Pt+2. The molecule has 0 aliphatic carbocycles. The van der Waals surface area contributed by atoms with E-state index in [1.54, 1.807) is 7.11 Å². The van der Waals surface area contributed by atoms with Crippen molar-refractivity contribution in [1.29, 1.82) is 0 Å². The molecule has 0 unspecified atom stereocenters. The van der Waals surface area contributed by atoms with E-state index in [1.165, 1.54) is 5.56 Å². The summed E-state index contributed by atoms with van der Waals surface area (Å²) in [6, 6.07) is 20.1. The van der Waals surface area contributed by atoms with Gasteiger partial charge in [-0.05, 0) is 63.3 Å². The van der Waals surface area contributed by atoms with Crippen LogP contribution in [0.2, 0.25) is 0 Å². The van der Waals surface area contributed by atoms with Gasteiger partial charge in [0.15, 0.2) is 0 Å². The topological polar surface area (TPSA) is 105 Å². The summed E-state index contributed by atoms with van der Waals surface area (Å²) in [5.41, 5.74) is 10.6. The smallest absolute Gasteiger partial charge is 1.00 e. The van der Waals surface area contributed by atoms with Crippen LogP contribution in [0.5, 0.6) is 5.75 Å². The molecule has 0 atom stereocenters. The summed E-state index contributed by atoms with van der Waals surface area (Å²) in [4.78, 5) is 20.1. The minimum Gasteiger partial charge on any atom is -1.00 e. The molecule has 41 heavy (non-hydrogen) atoms. The molecule has 0 aliphatic heterocycles. The van der Waals surface area contributed by atoms with Crippen molar-refractivity contribution in [3.05, 3.63) is 71.8 Å². The van der Waals surface area contributed by atoms with Crippen molar-refractivity contribution in [2.24, 2.45) is 5.73 Å². The van der Waals surface area contributed by atoms with Crippen molar-refractivity contribution in [2.45, 2.75) is 12.8 Å². The van der Waals surface area contributed by atoms with Gasteiger partial charge in [-0.25, -0.2) is 4.98 Å². The van der Waals surface area contributed by atoms with Crippen LogP contribution in [0.1, 0.15) is 22.3 Å². The first kappa shape index (κ1) is 36.6. The maximum atomic E-state index is 13.2. The van der Waals surface area contributed by atoms with E-state index in [4.69, 9.17) is 15.5 Å². The number of aryl methyl sites for hydroxylation is 1. The number of pyridine rings is 1. The minimum absolute atomic E-state index is 0. The van der Waals surface area contributed by atoms with Crippen LogP contribution in [0.3, 0.4) is 0 Å². The number of nitrogens with one attached hydrogen (secondary N) is 3. The molecule has 1 amide bonds. The second-order valence-electron chi connectivity index (χ2n) is 9.57. The van der Waals surface area contributed by atoms with Gasteiger partial charge in [0.05, 0.1) is 23.9 Å². The number of aromatic nitrogens is 1. The van der Waals surface area contributed by atoms with Crippen molar-refractivity contribution < 1.29 is 55.4 Å². The van der Waals surface area contributed by atoms with Crippen molar-refractivity contribution >= 4 is 39.1 Å². The standard InChI is InChI=1S/C30H38N6O2.2ClH.Pt/c1-36(2)20-19-33-30(37)25-10-4-8-23-27(24-9-5-11-26(38-3)29(24)35-28(23)25)34-22-14-12-21(13-15-22)7-6-17-32-18-16-31;;;/h4-5,8-15,32H,6-7,16-20,31H2,1-3H3,(H,33,37)(H,34,35);2*1H;/q;;;+4/p-2. The number of fused-ring (bicyclic) bond motifs is 2. The second-order valence-corrected chi connectivity index (χ2v) is 9.57. The third-order valence-corrected chi connectivity index (χ3v) is 6.47. The van der Waals surface area contributed by atoms with E-state index in [-0.39, 0.29) is 51.8 Å². The molecule has 0 saturated heterocycles. The van der Waals surface area contributed by atoms with E-state index in [0.717, 1.165) is 54.6 Å². The third-order valence-electron chi connectivity index (χ3n) is 6.47. The Balaban J connectivity index is 0.00000280. The van der Waals surface area contributed by atoms with E-state index in [9.17, 15) is 4.79 Å². The van der Waals surface area contributed by atoms with E-state index >= 15 is 0 Å². The predicted octanol–water partition coefficient (Wildman–Crippen LogP) is -2.08. The summed E-state index contributed by atoms with van der Waals surface area (Å²) in [6.45, 7) is 3.78. The average Bonchev–Trinajstić information content (AvgIpc) is 2.92. The minimum atomic E-state index is -0.143. The van der Waals surface area contributed by atoms with Crippen molar-refractivity contribution in [1.82, 2.24) is 20.5 Å². The normalized spacial score (nSPS) is 10.5. The zero-order chi connectivity index (χ0) is 26.9. The monoisotopic (exact) mass is 779 g/mol. The van der Waals surface area contributed by atoms with Crippen LogP contribution in [-0.2, 0) is 27.5 Å². The first-order valence-electron chi connectivity index (χ1n) is 13.1. The van der Waals surface area contributed by atoms with Crippen molar-refractivity contribution in [3.63, 3.8) is 0 Å². The van der Waals surface area contributed by atoms with Gasteiger partial charge in [0.2, 0.25) is 0 Å². The molecule has 0 saturated carbocycles. The maximum absolute atomic E-state index is 13.2. The summed E-state index contributed by atoms with van der Waals surface area (Å²) in [6.07, 6.45) is 2.06. The van der Waals surface area contributed by atoms with E-state index in [0.29, 0.717) is 35.4 Å². The average molecular weight is 781 g/mol. The molecule has 222 valence electrons. The van der Waals surface area contributed by atoms with E-state index in [1.807, 2.05) is 55.4 Å². The molecule has 5 N–H and O–H groups in total. The van der Waals surface area contributed by atoms with Crippen LogP contribution in [0.25, 0.3) is 21.8 Å². The zero-order valence-electron chi connectivity index (χ0n) is 23.6. The Bertz CT molecular complexity index is 1390. The number of likely N-dealkylation sites (N-methyl/N-ethyl adjacent to an activating group) is 1. The van der Waals surface area contributed by atoms with Crippen LogP contribution in [-0.4, -0.2) is 69.7 Å². The number of ether oxygens (including phenoxy) is 1. The molecule has 0 bridgehead atoms. The molecule has 1 heterocycles. The number of carbonyl (C=O) groups is 1. The number of rotatable bonds is 13. The van der Waals surface area contributed by atoms with E-state index in [2.05, 4.69) is 40.2 Å². The van der Waals surface area contributed by atoms with Gasteiger partial charge < -0.3 is 56.1 Å². The molecule has 4 rings (SSSR count). The Kier molecular flexibility index (Phi) is 16.2. The fourth-order valence-electron chi connectivity index (χ4n) is 4.48. The number of halogens is 2. The largest absolute Gasteiger partial charge is 4.00 e. The van der Waals surface area contributed by atoms with Crippen LogP contribution >= 0.6 is 0 Å². The Morgan fingerprint density at radius 2 is 1.61 bits per heavy atom. The fraction of sp³-hybridized carbons (Fsp3) is 0.333. The molecule has 0 fully saturated rings. The summed E-state index contributed by atoms with van der Waals surface area (Å²) in [5.74, 6) is 0.518. The molecule has 4 aromatic rings. The number of hydrogen-bond acceptors (Lipinski definition) is 7. The fourth-order valence-corrected chi connectivity index (χ4v) is 4.48. The number of hydrogen-bond donors (Lipinski definition) is 4. The van der Waals surface area contributed by atoms with Gasteiger partial charge in [0.1, 0.15) is 11.3 Å². The van der Waals surface area contributed by atoms with Gasteiger partial charge in [-0.15, -0.1) is 0 Å². The molecule has 3 aromatic carbocycles.